The topological polar surface area (TPSA) is 126 Å². The van der Waals surface area contributed by atoms with Gasteiger partial charge in [0.2, 0.25) is 6.41 Å². The number of allylic oxidation sites excluding steroid dienone is 2. The fourth-order valence-electron chi connectivity index (χ4n) is 4.39. The second kappa shape index (κ2) is 14.1. The predicted octanol–water partition coefficient (Wildman–Crippen LogP) is 7.33. The number of carbonyl (C=O) groups is 1. The van der Waals surface area contributed by atoms with E-state index in [4.69, 9.17) is 27.9 Å². The van der Waals surface area contributed by atoms with E-state index in [0.717, 1.165) is 42.6 Å². The van der Waals surface area contributed by atoms with Gasteiger partial charge in [-0.15, -0.1) is 11.3 Å². The maximum absolute atomic E-state index is 14.2. The summed E-state index contributed by atoms with van der Waals surface area (Å²) in [5.74, 6) is -0.183. The minimum absolute atomic E-state index is 0.0668. The van der Waals surface area contributed by atoms with Gasteiger partial charge in [-0.25, -0.2) is 12.8 Å². The number of aromatic nitrogens is 3. The second-order valence-electron chi connectivity index (χ2n) is 9.44. The Morgan fingerprint density at radius 1 is 1.21 bits per heavy atom. The van der Waals surface area contributed by atoms with Crippen molar-refractivity contribution < 1.29 is 22.3 Å². The molecule has 0 bridgehead atoms. The summed E-state index contributed by atoms with van der Waals surface area (Å²) in [5.41, 5.74) is 2.04. The van der Waals surface area contributed by atoms with Gasteiger partial charge in [-0.05, 0) is 49.5 Å². The summed E-state index contributed by atoms with van der Waals surface area (Å²) in [5, 5.41) is 9.75. The van der Waals surface area contributed by atoms with Crippen molar-refractivity contribution in [1.82, 2.24) is 20.5 Å². The molecular weight excluding hydrogens is 656 g/mol. The first-order valence-corrected chi connectivity index (χ1v) is 17.1. The molecule has 0 saturated heterocycles. The van der Waals surface area contributed by atoms with E-state index in [1.807, 2.05) is 30.3 Å². The zero-order valence-corrected chi connectivity index (χ0v) is 26.4. The monoisotopic (exact) mass is 681 g/mol. The number of nitrogens with one attached hydrogen (secondary N) is 3. The van der Waals surface area contributed by atoms with Crippen molar-refractivity contribution in [1.29, 1.82) is 0 Å². The average Bonchev–Trinajstić information content (AvgIpc) is 3.52. The van der Waals surface area contributed by atoms with Crippen molar-refractivity contribution >= 4 is 68.6 Å². The van der Waals surface area contributed by atoms with Gasteiger partial charge < -0.3 is 10.1 Å². The lowest BCUT2D eigenvalue weighted by Gasteiger charge is -2.23. The van der Waals surface area contributed by atoms with Crippen LogP contribution in [0.3, 0.4) is 0 Å². The molecule has 3 N–H and O–H groups in total. The number of H-pyrrole nitrogens is 1. The molecule has 43 heavy (non-hydrogen) atoms. The SMILES string of the molecule is O=CNCCc1ccnc(-c2c(NS(=O)(=O)c3sc(Cl)c(F)c3Cl)n[nH]c2SC(OC2=CCCCC2)c2ccccc2)c1. The molecule has 4 aromatic rings. The summed E-state index contributed by atoms with van der Waals surface area (Å²) in [6, 6.07) is 13.3. The molecule has 3 heterocycles. The number of hydrogen-bond donors (Lipinski definition) is 3. The van der Waals surface area contributed by atoms with E-state index in [9.17, 15) is 17.6 Å². The second-order valence-corrected chi connectivity index (χ2v) is 14.4. The van der Waals surface area contributed by atoms with Crippen LogP contribution in [0.4, 0.5) is 10.2 Å². The minimum atomic E-state index is -4.39. The molecule has 1 amide bonds. The third-order valence-corrected chi connectivity index (χ3v) is 11.4. The van der Waals surface area contributed by atoms with E-state index in [-0.39, 0.29) is 10.2 Å². The molecule has 1 unspecified atom stereocenters. The number of thioether (sulfide) groups is 1. The summed E-state index contributed by atoms with van der Waals surface area (Å²) in [6.45, 7) is 0.404. The number of pyridine rings is 1. The molecule has 226 valence electrons. The molecule has 0 radical (unpaired) electrons. The molecular formula is C28H26Cl2FN5O4S3. The van der Waals surface area contributed by atoms with Crippen molar-refractivity contribution in [2.24, 2.45) is 0 Å². The molecule has 9 nitrogen and oxygen atoms in total. The number of benzene rings is 1. The van der Waals surface area contributed by atoms with Gasteiger partial charge in [0.15, 0.2) is 21.3 Å². The van der Waals surface area contributed by atoms with Crippen LogP contribution in [0.25, 0.3) is 11.3 Å². The number of carbonyl (C=O) groups excluding carboxylic acids is 1. The predicted molar refractivity (Wildman–Crippen MR) is 167 cm³/mol. The van der Waals surface area contributed by atoms with Crippen molar-refractivity contribution in [3.8, 4) is 11.3 Å². The van der Waals surface area contributed by atoms with Crippen LogP contribution < -0.4 is 10.0 Å². The van der Waals surface area contributed by atoms with Crippen LogP contribution >= 0.6 is 46.3 Å². The van der Waals surface area contributed by atoms with Crippen molar-refractivity contribution in [3.05, 3.63) is 86.8 Å². The number of thiophene rings is 1. The molecule has 0 fully saturated rings. The molecule has 3 aromatic heterocycles. The number of amides is 1. The third kappa shape index (κ3) is 7.52. The lowest BCUT2D eigenvalue weighted by molar-refractivity contribution is -0.109. The minimum Gasteiger partial charge on any atom is -0.479 e. The maximum Gasteiger partial charge on any atom is 0.274 e. The molecule has 0 spiro atoms. The van der Waals surface area contributed by atoms with Gasteiger partial charge in [-0.2, -0.15) is 5.10 Å². The lowest BCUT2D eigenvalue weighted by atomic mass is 10.1. The van der Waals surface area contributed by atoms with E-state index in [1.165, 1.54) is 11.8 Å². The number of hydrogen-bond acceptors (Lipinski definition) is 8. The quantitative estimate of drug-likeness (QED) is 0.0584. The maximum atomic E-state index is 14.2. The fraction of sp³-hybridized carbons (Fsp3) is 0.250. The molecule has 1 atom stereocenters. The molecule has 1 aliphatic carbocycles. The summed E-state index contributed by atoms with van der Waals surface area (Å²) in [4.78, 5) is 15.2. The Bertz CT molecular complexity index is 1730. The highest BCUT2D eigenvalue weighted by atomic mass is 35.5. The highest BCUT2D eigenvalue weighted by Crippen LogP contribution is 2.45. The largest absolute Gasteiger partial charge is 0.479 e. The number of aromatic amines is 1. The molecule has 0 saturated carbocycles. The molecule has 1 aliphatic rings. The number of nitrogens with zero attached hydrogens (tertiary/aromatic N) is 2. The Kier molecular flexibility index (Phi) is 10.3. The van der Waals surface area contributed by atoms with Crippen LogP contribution in [0.2, 0.25) is 9.36 Å². The van der Waals surface area contributed by atoms with Crippen LogP contribution in [0.1, 0.15) is 42.2 Å². The summed E-state index contributed by atoms with van der Waals surface area (Å²) < 4.78 is 49.0. The number of anilines is 1. The van der Waals surface area contributed by atoms with Gasteiger partial charge in [-0.3, -0.25) is 19.6 Å². The highest BCUT2D eigenvalue weighted by molar-refractivity contribution is 7.99. The number of sulfonamides is 1. The first-order chi connectivity index (χ1) is 20.8. The van der Waals surface area contributed by atoms with Gasteiger partial charge in [0.1, 0.15) is 14.4 Å². The molecule has 15 heteroatoms. The number of rotatable bonds is 13. The van der Waals surface area contributed by atoms with E-state index in [2.05, 4.69) is 31.3 Å². The van der Waals surface area contributed by atoms with Gasteiger partial charge >= 0.3 is 0 Å². The molecule has 1 aromatic carbocycles. The first kappa shape index (κ1) is 31.3. The lowest BCUT2D eigenvalue weighted by Crippen LogP contribution is -2.14. The third-order valence-electron chi connectivity index (χ3n) is 6.46. The Labute approximate surface area is 266 Å². The van der Waals surface area contributed by atoms with Gasteiger partial charge in [0, 0.05) is 24.7 Å². The van der Waals surface area contributed by atoms with Crippen molar-refractivity contribution in [2.75, 3.05) is 11.3 Å². The molecule has 5 rings (SSSR count). The first-order valence-electron chi connectivity index (χ1n) is 13.2. The van der Waals surface area contributed by atoms with Crippen LogP contribution in [0.5, 0.6) is 0 Å². The fourth-order valence-corrected chi connectivity index (χ4v) is 8.74. The summed E-state index contributed by atoms with van der Waals surface area (Å²) in [6.07, 6.45) is 8.73. The highest BCUT2D eigenvalue weighted by Gasteiger charge is 2.30. The van der Waals surface area contributed by atoms with Crippen LogP contribution in [-0.2, 0) is 26.0 Å². The van der Waals surface area contributed by atoms with Crippen LogP contribution in [-0.4, -0.2) is 36.6 Å². The van der Waals surface area contributed by atoms with Gasteiger partial charge in [0.05, 0.1) is 17.0 Å². The van der Waals surface area contributed by atoms with Crippen LogP contribution in [0, 0.1) is 5.82 Å². The zero-order valence-electron chi connectivity index (χ0n) is 22.5. The Hall–Kier alpha value is -3.10. The van der Waals surface area contributed by atoms with E-state index in [1.54, 1.807) is 18.3 Å². The van der Waals surface area contributed by atoms with Crippen molar-refractivity contribution in [2.45, 2.75) is 46.8 Å². The van der Waals surface area contributed by atoms with E-state index >= 15 is 0 Å². The van der Waals surface area contributed by atoms with Gasteiger partial charge in [-0.1, -0.05) is 65.3 Å². The van der Waals surface area contributed by atoms with Gasteiger partial charge in [0.25, 0.3) is 10.0 Å². The summed E-state index contributed by atoms with van der Waals surface area (Å²) >= 11 is 13.6. The Morgan fingerprint density at radius 2 is 2.02 bits per heavy atom. The average molecular weight is 683 g/mol. The van der Waals surface area contributed by atoms with Crippen LogP contribution in [0.15, 0.2) is 69.7 Å². The Balaban J connectivity index is 1.56. The molecule has 0 aliphatic heterocycles. The van der Waals surface area contributed by atoms with E-state index in [0.29, 0.717) is 47.0 Å². The van der Waals surface area contributed by atoms with Crippen molar-refractivity contribution in [3.63, 3.8) is 0 Å². The standard InChI is InChI=1S/C28H26Cl2FN5O4S3/c29-22-23(31)24(30)41-28(22)43(38,39)36-25-21(20-15-17(12-14-33-20)11-13-32-16-37)26(35-34-25)42-27(18-7-3-1-4-8-18)40-19-9-5-2-6-10-19/h1,3-4,7-9,12,14-16,27H,2,5-6,10-11,13H2,(H,32,37)(H2,34,35,36). The number of ether oxygens (including phenoxy) is 1. The number of halogens is 3. The zero-order chi connectivity index (χ0) is 30.4. The summed E-state index contributed by atoms with van der Waals surface area (Å²) in [7, 11) is -4.39. The Morgan fingerprint density at radius 3 is 2.72 bits per heavy atom. The normalized spacial score (nSPS) is 14.2. The van der Waals surface area contributed by atoms with E-state index < -0.39 is 30.5 Å². The smallest absolute Gasteiger partial charge is 0.274 e.